The number of hydrogen-bond acceptors (Lipinski definition) is 2. The molecule has 1 heterocycles. The molecule has 3 rings (SSSR count). The molecule has 1 aromatic carbocycles. The van der Waals surface area contributed by atoms with Gasteiger partial charge in [0, 0.05) is 29.9 Å². The van der Waals surface area contributed by atoms with Crippen LogP contribution in [0, 0.1) is 5.82 Å². The van der Waals surface area contributed by atoms with Gasteiger partial charge in [0.25, 0.3) is 0 Å². The lowest BCUT2D eigenvalue weighted by atomic mass is 10.0. The minimum absolute atomic E-state index is 0.152. The minimum Gasteiger partial charge on any atom is -0.387 e. The van der Waals surface area contributed by atoms with Crippen LogP contribution < -0.4 is 5.32 Å². The summed E-state index contributed by atoms with van der Waals surface area (Å²) in [5, 5.41) is 4.32. The normalized spacial score (nSPS) is 15.1. The van der Waals surface area contributed by atoms with E-state index in [2.05, 4.69) is 10.3 Å². The highest BCUT2D eigenvalue weighted by molar-refractivity contribution is 6.31. The average molecular weight is 279 g/mol. The van der Waals surface area contributed by atoms with Gasteiger partial charge in [-0.2, -0.15) is 0 Å². The summed E-state index contributed by atoms with van der Waals surface area (Å²) in [6.45, 7) is 0. The Hall–Kier alpha value is -1.35. The smallest absolute Gasteiger partial charge is 0.143 e. The zero-order valence-electron chi connectivity index (χ0n) is 10.9. The third kappa shape index (κ3) is 2.16. The monoisotopic (exact) mass is 278 g/mol. The maximum atomic E-state index is 13.6. The van der Waals surface area contributed by atoms with Crippen LogP contribution in [-0.2, 0) is 12.8 Å². The fourth-order valence-corrected chi connectivity index (χ4v) is 3.05. The second-order valence-electron chi connectivity index (χ2n) is 5.01. The second kappa shape index (κ2) is 4.97. The molecule has 2 nitrogen and oxygen atoms in total. The number of aromatic nitrogens is 1. The SMILES string of the molecule is CNc1c2c(nc3cc(F)c(Cl)cc13)CCCCC2. The van der Waals surface area contributed by atoms with Crippen molar-refractivity contribution in [1.82, 2.24) is 4.98 Å². The number of anilines is 1. The standard InChI is InChI=1S/C15H16ClFN2/c1-18-15-9-5-3-2-4-6-13(9)19-14-8-12(17)11(16)7-10(14)15/h7-8H,2-6H2,1H3,(H,18,19). The summed E-state index contributed by atoms with van der Waals surface area (Å²) < 4.78 is 13.6. The van der Waals surface area contributed by atoms with Crippen molar-refractivity contribution in [2.75, 3.05) is 12.4 Å². The first-order valence-corrected chi connectivity index (χ1v) is 7.06. The third-order valence-electron chi connectivity index (χ3n) is 3.80. The Balaban J connectivity index is 2.33. The summed E-state index contributed by atoms with van der Waals surface area (Å²) in [5.74, 6) is -0.405. The molecule has 2 aromatic rings. The van der Waals surface area contributed by atoms with Crippen LogP contribution in [0.4, 0.5) is 10.1 Å². The predicted molar refractivity (Wildman–Crippen MR) is 77.5 cm³/mol. The minimum atomic E-state index is -0.405. The van der Waals surface area contributed by atoms with E-state index in [1.54, 1.807) is 6.07 Å². The van der Waals surface area contributed by atoms with Crippen molar-refractivity contribution in [3.05, 3.63) is 34.2 Å². The number of benzene rings is 1. The van der Waals surface area contributed by atoms with Gasteiger partial charge in [-0.05, 0) is 37.3 Å². The molecule has 0 spiro atoms. The Morgan fingerprint density at radius 1 is 1.21 bits per heavy atom. The molecule has 1 aliphatic rings. The van der Waals surface area contributed by atoms with Gasteiger partial charge in [-0.25, -0.2) is 4.39 Å². The van der Waals surface area contributed by atoms with Gasteiger partial charge in [0.2, 0.25) is 0 Å². The van der Waals surface area contributed by atoms with Crippen molar-refractivity contribution >= 4 is 28.2 Å². The molecule has 1 aromatic heterocycles. The third-order valence-corrected chi connectivity index (χ3v) is 4.09. The number of rotatable bonds is 1. The largest absolute Gasteiger partial charge is 0.387 e. The van der Waals surface area contributed by atoms with Gasteiger partial charge in [0.05, 0.1) is 10.5 Å². The summed E-state index contributed by atoms with van der Waals surface area (Å²) >= 11 is 5.90. The fourth-order valence-electron chi connectivity index (χ4n) is 2.88. The molecule has 0 unspecified atom stereocenters. The van der Waals surface area contributed by atoms with Gasteiger partial charge in [0.1, 0.15) is 5.82 Å². The van der Waals surface area contributed by atoms with Crippen LogP contribution in [0.25, 0.3) is 10.9 Å². The molecule has 0 atom stereocenters. The van der Waals surface area contributed by atoms with Crippen LogP contribution in [0.2, 0.25) is 5.02 Å². The molecule has 0 fully saturated rings. The first kappa shape index (κ1) is 12.7. The molecule has 0 saturated heterocycles. The average Bonchev–Trinajstić information content (AvgIpc) is 2.63. The van der Waals surface area contributed by atoms with Crippen molar-refractivity contribution in [1.29, 1.82) is 0 Å². The Morgan fingerprint density at radius 3 is 2.79 bits per heavy atom. The highest BCUT2D eigenvalue weighted by Crippen LogP contribution is 2.34. The summed E-state index contributed by atoms with van der Waals surface area (Å²) in [4.78, 5) is 4.65. The Labute approximate surface area is 117 Å². The number of halogens is 2. The second-order valence-corrected chi connectivity index (χ2v) is 5.41. The zero-order valence-corrected chi connectivity index (χ0v) is 11.6. The molecular weight excluding hydrogens is 263 g/mol. The van der Waals surface area contributed by atoms with Crippen molar-refractivity contribution in [2.45, 2.75) is 32.1 Å². The molecule has 4 heteroatoms. The molecule has 100 valence electrons. The van der Waals surface area contributed by atoms with Gasteiger partial charge in [-0.15, -0.1) is 0 Å². The van der Waals surface area contributed by atoms with E-state index < -0.39 is 5.82 Å². The van der Waals surface area contributed by atoms with E-state index in [1.807, 2.05) is 7.05 Å². The first-order valence-electron chi connectivity index (χ1n) is 6.69. The van der Waals surface area contributed by atoms with Gasteiger partial charge in [-0.3, -0.25) is 4.98 Å². The van der Waals surface area contributed by atoms with Crippen LogP contribution in [0.5, 0.6) is 0 Å². The van der Waals surface area contributed by atoms with Crippen molar-refractivity contribution in [3.8, 4) is 0 Å². The Morgan fingerprint density at radius 2 is 2.00 bits per heavy atom. The predicted octanol–water partition coefficient (Wildman–Crippen LogP) is 4.34. The first-order chi connectivity index (χ1) is 9.20. The molecule has 1 aliphatic carbocycles. The lowest BCUT2D eigenvalue weighted by Crippen LogP contribution is -2.03. The van der Waals surface area contributed by atoms with Gasteiger partial charge in [-0.1, -0.05) is 18.0 Å². The lowest BCUT2D eigenvalue weighted by Gasteiger charge is -2.15. The quantitative estimate of drug-likeness (QED) is 0.785. The van der Waals surface area contributed by atoms with Crippen molar-refractivity contribution in [3.63, 3.8) is 0 Å². The van der Waals surface area contributed by atoms with E-state index in [-0.39, 0.29) is 5.02 Å². The zero-order chi connectivity index (χ0) is 13.4. The van der Waals surface area contributed by atoms with Crippen LogP contribution in [-0.4, -0.2) is 12.0 Å². The number of hydrogen-bond donors (Lipinski definition) is 1. The van der Waals surface area contributed by atoms with Gasteiger partial charge in [0.15, 0.2) is 0 Å². The van der Waals surface area contributed by atoms with Crippen molar-refractivity contribution < 1.29 is 4.39 Å². The van der Waals surface area contributed by atoms with Gasteiger partial charge >= 0.3 is 0 Å². The van der Waals surface area contributed by atoms with E-state index in [0.717, 1.165) is 36.0 Å². The maximum Gasteiger partial charge on any atom is 0.143 e. The van der Waals surface area contributed by atoms with E-state index in [0.29, 0.717) is 5.52 Å². The Kier molecular flexibility index (Phi) is 3.31. The summed E-state index contributed by atoms with van der Waals surface area (Å²) in [6, 6.07) is 3.11. The molecule has 1 N–H and O–H groups in total. The topological polar surface area (TPSA) is 24.9 Å². The van der Waals surface area contributed by atoms with Crippen LogP contribution in [0.1, 0.15) is 30.5 Å². The molecule has 0 amide bonds. The van der Waals surface area contributed by atoms with Crippen LogP contribution in [0.15, 0.2) is 12.1 Å². The molecule has 0 saturated carbocycles. The van der Waals surface area contributed by atoms with Crippen LogP contribution >= 0.6 is 11.6 Å². The van der Waals surface area contributed by atoms with Gasteiger partial charge < -0.3 is 5.32 Å². The number of aryl methyl sites for hydroxylation is 1. The van der Waals surface area contributed by atoms with E-state index in [1.165, 1.54) is 24.5 Å². The maximum absolute atomic E-state index is 13.6. The van der Waals surface area contributed by atoms with E-state index in [4.69, 9.17) is 11.6 Å². The van der Waals surface area contributed by atoms with E-state index >= 15 is 0 Å². The number of nitrogens with one attached hydrogen (secondary N) is 1. The fraction of sp³-hybridized carbons (Fsp3) is 0.400. The molecule has 0 aliphatic heterocycles. The summed E-state index contributed by atoms with van der Waals surface area (Å²) in [7, 11) is 1.90. The summed E-state index contributed by atoms with van der Waals surface area (Å²) in [5.41, 5.74) is 4.13. The Bertz CT molecular complexity index is 640. The molecule has 19 heavy (non-hydrogen) atoms. The highest BCUT2D eigenvalue weighted by atomic mass is 35.5. The number of fused-ring (bicyclic) bond motifs is 2. The number of nitrogens with zero attached hydrogens (tertiary/aromatic N) is 1. The number of pyridine rings is 1. The van der Waals surface area contributed by atoms with Crippen molar-refractivity contribution in [2.24, 2.45) is 0 Å². The summed E-state index contributed by atoms with van der Waals surface area (Å²) in [6.07, 6.45) is 5.58. The molecule has 0 bridgehead atoms. The molecule has 0 radical (unpaired) electrons. The highest BCUT2D eigenvalue weighted by Gasteiger charge is 2.17. The van der Waals surface area contributed by atoms with Crippen LogP contribution in [0.3, 0.4) is 0 Å². The molecular formula is C15H16ClFN2. The lowest BCUT2D eigenvalue weighted by molar-refractivity contribution is 0.629. The van der Waals surface area contributed by atoms with E-state index in [9.17, 15) is 4.39 Å².